The number of ketones is 2. The molecule has 0 radical (unpaired) electrons. The third-order valence-corrected chi connectivity index (χ3v) is 29.5. The molecule has 0 atom stereocenters. The van der Waals surface area contributed by atoms with Crippen LogP contribution in [0.25, 0.3) is 0 Å². The molecule has 0 aromatic heterocycles. The average Bonchev–Trinajstić information content (AvgIpc) is 0.687. The number of halogens is 6. The molecule has 0 aliphatic heterocycles. The van der Waals surface area contributed by atoms with E-state index >= 15 is 35.9 Å². The fraction of sp³-hybridized carbons (Fsp3) is 0.282. The molecule has 0 fully saturated rings. The number of Topliss-reactive ketones (excluding diaryl/α,β-unsaturated/α-hetero) is 2. The Balaban J connectivity index is 1.57. The molecule has 480 valence electrons. The van der Waals surface area contributed by atoms with E-state index in [9.17, 15) is 0 Å². The van der Waals surface area contributed by atoms with Gasteiger partial charge in [-0.3, -0.25) is 0 Å². The van der Waals surface area contributed by atoms with E-state index in [-0.39, 0.29) is 41.6 Å². The molecule has 0 heterocycles. The van der Waals surface area contributed by atoms with Crippen LogP contribution in [-0.2, 0) is 21.2 Å². The first-order chi connectivity index (χ1) is 43.5. The van der Waals surface area contributed by atoms with Crippen molar-refractivity contribution in [1.82, 2.24) is 0 Å². The van der Waals surface area contributed by atoms with Crippen molar-refractivity contribution in [2.24, 2.45) is 0 Å². The third-order valence-electron chi connectivity index (χ3n) is 18.1. The van der Waals surface area contributed by atoms with E-state index in [1.807, 2.05) is 146 Å². The number of benzene rings is 9. The molecule has 0 saturated carbocycles. The standard InChI is InChI=1S/C78H83BF6O5P2/c1-52(2)58-23-35-69(36-24-58)91(50-75(86)64-19-15-13-16-20-64,70-37-25-59(26-38-70)53(3)4,71-39-27-60(28-40-71)54(5)6)89-79(88-68-48-66(77(80,81)82)47-67(49-68)78(83,84)85)90-92(51-76(87)65-21-17-14-18-22-65,72-41-29-61(30-42-72)55(7)8,73-43-31-62(32-44-73)56(9)10)74-45-33-63(34-46-74)57(11)12/h13-49,52-57H,50-51H2,1-12H3. The number of hydrogen-bond donors (Lipinski definition) is 0. The van der Waals surface area contributed by atoms with Crippen LogP contribution in [-0.4, -0.2) is 31.2 Å². The summed E-state index contributed by atoms with van der Waals surface area (Å²) in [6, 6.07) is 65.0. The molecule has 0 aliphatic carbocycles. The number of rotatable bonds is 24. The third kappa shape index (κ3) is 13.6. The van der Waals surface area contributed by atoms with Crippen LogP contribution < -0.4 is 36.5 Å². The summed E-state index contributed by atoms with van der Waals surface area (Å²) in [6.45, 7) is 13.6. The molecule has 0 N–H and O–H groups in total. The van der Waals surface area contributed by atoms with E-state index < -0.39 is 74.1 Å². The summed E-state index contributed by atoms with van der Waals surface area (Å²) in [5.41, 5.74) is 2.91. The first-order valence-electron chi connectivity index (χ1n) is 31.6. The Bertz CT molecular complexity index is 3470. The molecular weight excluding hydrogens is 1200 g/mol. The molecule has 9 aromatic rings. The molecular formula is C78H83BF6O5P2. The number of hydrogen-bond acceptors (Lipinski definition) is 5. The monoisotopic (exact) mass is 1290 g/mol. The van der Waals surface area contributed by atoms with Gasteiger partial charge in [0.1, 0.15) is 0 Å². The van der Waals surface area contributed by atoms with Gasteiger partial charge in [-0.2, -0.15) is 0 Å². The molecule has 0 spiro atoms. The second-order valence-electron chi connectivity index (χ2n) is 26.2. The van der Waals surface area contributed by atoms with Crippen LogP contribution in [0, 0.1) is 0 Å². The Morgan fingerprint density at radius 3 is 0.750 bits per heavy atom. The summed E-state index contributed by atoms with van der Waals surface area (Å²) in [6.07, 6.45) is -11.6. The first-order valence-corrected chi connectivity index (χ1v) is 36.3. The first kappa shape index (κ1) is 68.9. The van der Waals surface area contributed by atoms with E-state index in [2.05, 4.69) is 83.1 Å². The zero-order valence-corrected chi connectivity index (χ0v) is 56.3. The zero-order valence-electron chi connectivity index (χ0n) is 54.5. The van der Waals surface area contributed by atoms with Crippen molar-refractivity contribution in [2.75, 3.05) is 12.3 Å². The molecule has 9 rings (SSSR count). The maximum absolute atomic E-state index is 16.3. The van der Waals surface area contributed by atoms with Crippen LogP contribution >= 0.6 is 13.7 Å². The van der Waals surface area contributed by atoms with E-state index in [1.54, 1.807) is 60.7 Å². The van der Waals surface area contributed by atoms with Crippen molar-refractivity contribution in [2.45, 2.75) is 131 Å². The molecule has 92 heavy (non-hydrogen) atoms. The van der Waals surface area contributed by atoms with Gasteiger partial charge in [-0.1, -0.05) is 0 Å². The van der Waals surface area contributed by atoms with Gasteiger partial charge in [0.2, 0.25) is 0 Å². The van der Waals surface area contributed by atoms with Gasteiger partial charge in [-0.25, -0.2) is 0 Å². The molecule has 0 unspecified atom stereocenters. The zero-order chi connectivity index (χ0) is 66.6. The molecule has 9 aromatic carbocycles. The average molecular weight is 1290 g/mol. The van der Waals surface area contributed by atoms with Crippen LogP contribution in [0.3, 0.4) is 0 Å². The van der Waals surface area contributed by atoms with Gasteiger partial charge in [-0.05, 0) is 0 Å². The van der Waals surface area contributed by atoms with E-state index in [1.165, 1.54) is 0 Å². The fourth-order valence-corrected chi connectivity index (χ4v) is 23.4. The Morgan fingerprint density at radius 1 is 0.337 bits per heavy atom. The van der Waals surface area contributed by atoms with Gasteiger partial charge in [0.25, 0.3) is 0 Å². The van der Waals surface area contributed by atoms with Gasteiger partial charge in [0.15, 0.2) is 0 Å². The molecule has 14 heteroatoms. The molecule has 0 saturated heterocycles. The predicted octanol–water partition coefficient (Wildman–Crippen LogP) is 19.5. The number of alkyl halides is 6. The predicted molar refractivity (Wildman–Crippen MR) is 371 cm³/mol. The molecule has 0 amide bonds. The van der Waals surface area contributed by atoms with Crippen LogP contribution in [0.2, 0.25) is 0 Å². The second-order valence-corrected chi connectivity index (χ2v) is 35.2. The van der Waals surface area contributed by atoms with Crippen LogP contribution in [0.15, 0.2) is 224 Å². The van der Waals surface area contributed by atoms with Gasteiger partial charge in [0.05, 0.1) is 0 Å². The molecule has 0 bridgehead atoms. The normalized spacial score (nSPS) is 13.3. The van der Waals surface area contributed by atoms with Crippen molar-refractivity contribution in [3.63, 3.8) is 0 Å². The summed E-state index contributed by atoms with van der Waals surface area (Å²) in [5, 5.41) is 2.84. The summed E-state index contributed by atoms with van der Waals surface area (Å²) in [7, 11) is -2.42. The molecule has 5 nitrogen and oxygen atoms in total. The summed E-state index contributed by atoms with van der Waals surface area (Å²) in [4.78, 5) is 32.6. The quantitative estimate of drug-likeness (QED) is 0.0261. The van der Waals surface area contributed by atoms with Gasteiger partial charge in [-0.15, -0.1) is 0 Å². The Kier molecular flexibility index (Phi) is 20.4. The van der Waals surface area contributed by atoms with Crippen LogP contribution in [0.1, 0.15) is 184 Å². The minimum absolute atomic E-state index is 0.0141. The van der Waals surface area contributed by atoms with Gasteiger partial charge in [0, 0.05) is 0 Å². The van der Waals surface area contributed by atoms with E-state index in [0.717, 1.165) is 33.4 Å². The van der Waals surface area contributed by atoms with Crippen molar-refractivity contribution in [3.8, 4) is 5.75 Å². The van der Waals surface area contributed by atoms with Crippen LogP contribution in [0.4, 0.5) is 26.3 Å². The minimum atomic E-state index is -5.51. The summed E-state index contributed by atoms with van der Waals surface area (Å²) < 4.78 is 117. The number of carbonyl (C=O) groups excluding carboxylic acids is 2. The van der Waals surface area contributed by atoms with E-state index in [4.69, 9.17) is 13.5 Å². The SMILES string of the molecule is CC(C)c1ccc(P(CC(=O)c2ccccc2)(OB(Oc2cc(C(F)(F)F)cc(C(F)(F)F)c2)OP(CC(=O)c2ccccc2)(c2ccc(C(C)C)cc2)(c2ccc(C(C)C)cc2)c2ccc(C(C)C)cc2)(c2ccc(C(C)C)cc2)c2ccc(C(C)C)cc2)cc1. The van der Waals surface area contributed by atoms with Crippen molar-refractivity contribution in [3.05, 3.63) is 280 Å². The maximum atomic E-state index is 16.3. The van der Waals surface area contributed by atoms with Gasteiger partial charge < -0.3 is 0 Å². The van der Waals surface area contributed by atoms with Crippen molar-refractivity contribution >= 4 is 64.4 Å². The van der Waals surface area contributed by atoms with Crippen molar-refractivity contribution < 1.29 is 49.5 Å². The second kappa shape index (κ2) is 27.2. The topological polar surface area (TPSA) is 61.8 Å². The summed E-state index contributed by atoms with van der Waals surface area (Å²) >= 11 is 0. The summed E-state index contributed by atoms with van der Waals surface area (Å²) in [5.74, 6) is -1.62. The fourth-order valence-electron chi connectivity index (χ4n) is 12.5. The molecule has 0 aliphatic rings. The Hall–Kier alpha value is -7.46. The van der Waals surface area contributed by atoms with E-state index in [0.29, 0.717) is 55.1 Å². The van der Waals surface area contributed by atoms with Crippen LogP contribution in [0.5, 0.6) is 5.75 Å². The van der Waals surface area contributed by atoms with Gasteiger partial charge >= 0.3 is 543 Å². The number of carbonyl (C=O) groups is 2. The Morgan fingerprint density at radius 2 is 0.554 bits per heavy atom. The Labute approximate surface area is 540 Å². The van der Waals surface area contributed by atoms with Crippen molar-refractivity contribution in [1.29, 1.82) is 0 Å².